The summed E-state index contributed by atoms with van der Waals surface area (Å²) in [6, 6.07) is 12.9. The zero-order valence-electron chi connectivity index (χ0n) is 10.9. The van der Waals surface area contributed by atoms with Crippen LogP contribution in [0.15, 0.2) is 60.3 Å². The zero-order chi connectivity index (χ0) is 14.5. The molecule has 0 aliphatic rings. The molecule has 2 nitrogen and oxygen atoms in total. The van der Waals surface area contributed by atoms with Crippen LogP contribution >= 0.6 is 11.6 Å². The van der Waals surface area contributed by atoms with Crippen molar-refractivity contribution in [1.29, 1.82) is 0 Å². The van der Waals surface area contributed by atoms with E-state index in [4.69, 9.17) is 11.6 Å². The number of carbonyl (C=O) groups is 1. The van der Waals surface area contributed by atoms with E-state index in [-0.39, 0.29) is 11.6 Å². The molecular weight excluding hydrogens is 277 g/mol. The predicted octanol–water partition coefficient (Wildman–Crippen LogP) is 4.68. The van der Waals surface area contributed by atoms with Crippen molar-refractivity contribution in [1.82, 2.24) is 0 Å². The number of anilines is 1. The lowest BCUT2D eigenvalue weighted by Gasteiger charge is -2.07. The molecule has 0 aromatic heterocycles. The number of benzene rings is 2. The summed E-state index contributed by atoms with van der Waals surface area (Å²) in [6.45, 7) is 1.71. The summed E-state index contributed by atoms with van der Waals surface area (Å²) in [7, 11) is 0. The largest absolute Gasteiger partial charge is 0.357 e. The number of para-hydroxylation sites is 1. The van der Waals surface area contributed by atoms with Crippen molar-refractivity contribution in [3.8, 4) is 0 Å². The van der Waals surface area contributed by atoms with Crippen molar-refractivity contribution in [3.63, 3.8) is 0 Å². The standard InChI is InChI=1S/C16H13ClFNO/c1-11(19-15-5-3-2-4-14(15)18)10-16(20)12-6-8-13(17)9-7-12/h2-10,19H,1H3/b11-10+. The van der Waals surface area contributed by atoms with E-state index >= 15 is 0 Å². The molecule has 1 N–H and O–H groups in total. The molecule has 0 radical (unpaired) electrons. The molecule has 0 bridgehead atoms. The van der Waals surface area contributed by atoms with E-state index < -0.39 is 0 Å². The topological polar surface area (TPSA) is 29.1 Å². The van der Waals surface area contributed by atoms with Crippen molar-refractivity contribution >= 4 is 23.1 Å². The highest BCUT2D eigenvalue weighted by Gasteiger charge is 2.05. The van der Waals surface area contributed by atoms with Gasteiger partial charge in [-0.3, -0.25) is 4.79 Å². The van der Waals surface area contributed by atoms with Crippen LogP contribution in [0.5, 0.6) is 0 Å². The van der Waals surface area contributed by atoms with Crippen LogP contribution in [0.2, 0.25) is 5.02 Å². The Balaban J connectivity index is 2.12. The summed E-state index contributed by atoms with van der Waals surface area (Å²) < 4.78 is 13.5. The average Bonchev–Trinajstić information content (AvgIpc) is 2.42. The number of rotatable bonds is 4. The normalized spacial score (nSPS) is 11.2. The van der Waals surface area contributed by atoms with Crippen LogP contribution in [0.25, 0.3) is 0 Å². The fourth-order valence-electron chi connectivity index (χ4n) is 1.71. The van der Waals surface area contributed by atoms with Crippen molar-refractivity contribution in [3.05, 3.63) is 76.7 Å². The first-order valence-corrected chi connectivity index (χ1v) is 6.44. The van der Waals surface area contributed by atoms with Gasteiger partial charge < -0.3 is 5.32 Å². The van der Waals surface area contributed by atoms with Crippen molar-refractivity contribution in [2.75, 3.05) is 5.32 Å². The fraction of sp³-hybridized carbons (Fsp3) is 0.0625. The van der Waals surface area contributed by atoms with Crippen LogP contribution in [0.3, 0.4) is 0 Å². The predicted molar refractivity (Wildman–Crippen MR) is 79.6 cm³/mol. The number of halogens is 2. The van der Waals surface area contributed by atoms with Gasteiger partial charge in [-0.05, 0) is 43.3 Å². The van der Waals surface area contributed by atoms with Gasteiger partial charge >= 0.3 is 0 Å². The van der Waals surface area contributed by atoms with Gasteiger partial charge in [-0.15, -0.1) is 0 Å². The number of carbonyl (C=O) groups excluding carboxylic acids is 1. The van der Waals surface area contributed by atoms with Gasteiger partial charge in [0.1, 0.15) is 5.82 Å². The Hall–Kier alpha value is -2.13. The van der Waals surface area contributed by atoms with Crippen LogP contribution < -0.4 is 5.32 Å². The Kier molecular flexibility index (Phi) is 4.53. The summed E-state index contributed by atoms with van der Waals surface area (Å²) in [5.74, 6) is -0.526. The molecular formula is C16H13ClFNO. The first-order valence-electron chi connectivity index (χ1n) is 6.06. The minimum Gasteiger partial charge on any atom is -0.357 e. The van der Waals surface area contributed by atoms with Crippen LogP contribution in [0.4, 0.5) is 10.1 Å². The Labute approximate surface area is 121 Å². The smallest absolute Gasteiger partial charge is 0.187 e. The molecule has 102 valence electrons. The third kappa shape index (κ3) is 3.68. The molecule has 0 unspecified atom stereocenters. The van der Waals surface area contributed by atoms with E-state index in [0.717, 1.165) is 0 Å². The van der Waals surface area contributed by atoms with Crippen molar-refractivity contribution < 1.29 is 9.18 Å². The summed E-state index contributed by atoms with van der Waals surface area (Å²) in [6.07, 6.45) is 1.43. The zero-order valence-corrected chi connectivity index (χ0v) is 11.6. The Morgan fingerprint density at radius 3 is 2.45 bits per heavy atom. The van der Waals surface area contributed by atoms with Gasteiger partial charge in [0.25, 0.3) is 0 Å². The minimum atomic E-state index is -0.362. The van der Waals surface area contributed by atoms with Gasteiger partial charge in [-0.2, -0.15) is 0 Å². The summed E-state index contributed by atoms with van der Waals surface area (Å²) in [4.78, 5) is 12.0. The molecule has 4 heteroatoms. The summed E-state index contributed by atoms with van der Waals surface area (Å²) in [5.41, 5.74) is 1.43. The van der Waals surface area contributed by atoms with Gasteiger partial charge in [0, 0.05) is 22.4 Å². The van der Waals surface area contributed by atoms with E-state index in [1.54, 1.807) is 49.4 Å². The second-order valence-corrected chi connectivity index (χ2v) is 4.74. The Morgan fingerprint density at radius 1 is 1.15 bits per heavy atom. The number of allylic oxidation sites excluding steroid dienone is 2. The number of nitrogens with one attached hydrogen (secondary N) is 1. The molecule has 0 saturated carbocycles. The van der Waals surface area contributed by atoms with Gasteiger partial charge in [0.2, 0.25) is 0 Å². The highest BCUT2D eigenvalue weighted by molar-refractivity contribution is 6.30. The molecule has 20 heavy (non-hydrogen) atoms. The monoisotopic (exact) mass is 289 g/mol. The van der Waals surface area contributed by atoms with Crippen molar-refractivity contribution in [2.24, 2.45) is 0 Å². The lowest BCUT2D eigenvalue weighted by atomic mass is 10.1. The van der Waals surface area contributed by atoms with Gasteiger partial charge in [-0.25, -0.2) is 4.39 Å². The van der Waals surface area contributed by atoms with Gasteiger partial charge in [-0.1, -0.05) is 23.7 Å². The number of ketones is 1. The van der Waals surface area contributed by atoms with Gasteiger partial charge in [0.15, 0.2) is 5.78 Å². The highest BCUT2D eigenvalue weighted by atomic mass is 35.5. The second-order valence-electron chi connectivity index (χ2n) is 4.30. The first kappa shape index (κ1) is 14.3. The summed E-state index contributed by atoms with van der Waals surface area (Å²) >= 11 is 5.77. The SMILES string of the molecule is C/C(=C\C(=O)c1ccc(Cl)cc1)Nc1ccccc1F. The second kappa shape index (κ2) is 6.35. The maximum atomic E-state index is 13.5. The van der Waals surface area contributed by atoms with E-state index in [2.05, 4.69) is 5.32 Å². The third-order valence-electron chi connectivity index (χ3n) is 2.68. The fourth-order valence-corrected chi connectivity index (χ4v) is 1.83. The van der Waals surface area contributed by atoms with Crippen LogP contribution in [0.1, 0.15) is 17.3 Å². The molecule has 0 aliphatic carbocycles. The first-order chi connectivity index (χ1) is 9.56. The molecule has 2 rings (SSSR count). The maximum Gasteiger partial charge on any atom is 0.187 e. The molecule has 0 aliphatic heterocycles. The highest BCUT2D eigenvalue weighted by Crippen LogP contribution is 2.15. The van der Waals surface area contributed by atoms with E-state index in [0.29, 0.717) is 22.0 Å². The molecule has 0 spiro atoms. The average molecular weight is 290 g/mol. The molecule has 0 atom stereocenters. The van der Waals surface area contributed by atoms with Crippen LogP contribution in [0, 0.1) is 5.82 Å². The molecule has 0 amide bonds. The van der Waals surface area contributed by atoms with Crippen LogP contribution in [-0.4, -0.2) is 5.78 Å². The lowest BCUT2D eigenvalue weighted by Crippen LogP contribution is -2.02. The molecule has 2 aromatic rings. The van der Waals surface area contributed by atoms with Crippen molar-refractivity contribution in [2.45, 2.75) is 6.92 Å². The number of hydrogen-bond acceptors (Lipinski definition) is 2. The van der Waals surface area contributed by atoms with E-state index in [1.165, 1.54) is 12.1 Å². The third-order valence-corrected chi connectivity index (χ3v) is 2.93. The quantitative estimate of drug-likeness (QED) is 0.654. The molecule has 0 fully saturated rings. The molecule has 0 saturated heterocycles. The Morgan fingerprint density at radius 2 is 1.80 bits per heavy atom. The lowest BCUT2D eigenvalue weighted by molar-refractivity contribution is 0.104. The van der Waals surface area contributed by atoms with E-state index in [1.807, 2.05) is 0 Å². The molecule has 2 aromatic carbocycles. The minimum absolute atomic E-state index is 0.164. The number of hydrogen-bond donors (Lipinski definition) is 1. The molecule has 0 heterocycles. The maximum absolute atomic E-state index is 13.5. The Bertz CT molecular complexity index is 650. The van der Waals surface area contributed by atoms with Crippen LogP contribution in [-0.2, 0) is 0 Å². The van der Waals surface area contributed by atoms with Gasteiger partial charge in [0.05, 0.1) is 5.69 Å². The summed E-state index contributed by atoms with van der Waals surface area (Å²) in [5, 5.41) is 3.44. The van der Waals surface area contributed by atoms with E-state index in [9.17, 15) is 9.18 Å².